The molecule has 0 saturated carbocycles. The van der Waals surface area contributed by atoms with Crippen molar-refractivity contribution in [2.75, 3.05) is 6.61 Å². The van der Waals surface area contributed by atoms with Crippen LogP contribution < -0.4 is 0 Å². The molecule has 0 radical (unpaired) electrons. The second-order valence-electron chi connectivity index (χ2n) is 8.48. The number of hydrogen-bond acceptors (Lipinski definition) is 6. The van der Waals surface area contributed by atoms with Crippen molar-refractivity contribution in [3.63, 3.8) is 0 Å². The van der Waals surface area contributed by atoms with Crippen LogP contribution in [0.15, 0.2) is 46.9 Å². The standard InChI is InChI=1S/C25H29NO5/c1-5-6-7-8-15-29-24(28)22-26-20-16-19(13-14-21(20)30-22)17-9-11-18(12-10-17)23(27)31-25(2,3)4/h9-14,16H,5-8,15H2,1-4H3. The number of oxazole rings is 1. The first-order chi connectivity index (χ1) is 14.8. The summed E-state index contributed by atoms with van der Waals surface area (Å²) in [5.74, 6) is -0.942. The van der Waals surface area contributed by atoms with Gasteiger partial charge in [0.1, 0.15) is 11.1 Å². The van der Waals surface area contributed by atoms with Gasteiger partial charge in [0.25, 0.3) is 0 Å². The predicted molar refractivity (Wildman–Crippen MR) is 119 cm³/mol. The van der Waals surface area contributed by atoms with Gasteiger partial charge in [-0.15, -0.1) is 0 Å². The zero-order valence-electron chi connectivity index (χ0n) is 18.6. The first kappa shape index (κ1) is 22.5. The summed E-state index contributed by atoms with van der Waals surface area (Å²) in [5, 5.41) is 0. The highest BCUT2D eigenvalue weighted by molar-refractivity contribution is 5.91. The fourth-order valence-corrected chi connectivity index (χ4v) is 3.09. The van der Waals surface area contributed by atoms with E-state index in [1.165, 1.54) is 0 Å². The van der Waals surface area contributed by atoms with E-state index in [2.05, 4.69) is 11.9 Å². The van der Waals surface area contributed by atoms with E-state index >= 15 is 0 Å². The third-order valence-corrected chi connectivity index (χ3v) is 4.65. The van der Waals surface area contributed by atoms with E-state index in [4.69, 9.17) is 13.9 Å². The van der Waals surface area contributed by atoms with Gasteiger partial charge in [0.15, 0.2) is 5.58 Å². The van der Waals surface area contributed by atoms with E-state index in [0.29, 0.717) is 23.3 Å². The number of benzene rings is 2. The normalized spacial score (nSPS) is 11.5. The van der Waals surface area contributed by atoms with Crippen molar-refractivity contribution in [3.8, 4) is 11.1 Å². The maximum Gasteiger partial charge on any atom is 0.394 e. The molecule has 0 atom stereocenters. The van der Waals surface area contributed by atoms with Crippen LogP contribution >= 0.6 is 0 Å². The van der Waals surface area contributed by atoms with Crippen molar-refractivity contribution in [2.24, 2.45) is 0 Å². The number of hydrogen-bond donors (Lipinski definition) is 0. The number of aromatic nitrogens is 1. The van der Waals surface area contributed by atoms with Gasteiger partial charge in [0.05, 0.1) is 12.2 Å². The molecule has 1 heterocycles. The Kier molecular flexibility index (Phi) is 7.10. The van der Waals surface area contributed by atoms with Gasteiger partial charge in [-0.25, -0.2) is 14.6 Å². The highest BCUT2D eigenvalue weighted by Gasteiger charge is 2.18. The molecular formula is C25H29NO5. The van der Waals surface area contributed by atoms with Crippen molar-refractivity contribution in [2.45, 2.75) is 59.0 Å². The molecule has 6 nitrogen and oxygen atoms in total. The van der Waals surface area contributed by atoms with Crippen LogP contribution in [0.1, 0.15) is 74.4 Å². The van der Waals surface area contributed by atoms with E-state index in [1.807, 2.05) is 45.0 Å². The van der Waals surface area contributed by atoms with Crippen LogP contribution in [-0.2, 0) is 9.47 Å². The molecular weight excluding hydrogens is 394 g/mol. The van der Waals surface area contributed by atoms with Crippen LogP contribution in [0.5, 0.6) is 0 Å². The lowest BCUT2D eigenvalue weighted by Gasteiger charge is -2.19. The number of esters is 2. The minimum Gasteiger partial charge on any atom is -0.459 e. The summed E-state index contributed by atoms with van der Waals surface area (Å²) in [7, 11) is 0. The number of nitrogens with zero attached hydrogens (tertiary/aromatic N) is 1. The lowest BCUT2D eigenvalue weighted by atomic mass is 10.0. The van der Waals surface area contributed by atoms with Crippen LogP contribution in [0.2, 0.25) is 0 Å². The second-order valence-corrected chi connectivity index (χ2v) is 8.48. The number of rotatable bonds is 8. The van der Waals surface area contributed by atoms with Crippen LogP contribution in [0, 0.1) is 0 Å². The summed E-state index contributed by atoms with van der Waals surface area (Å²) >= 11 is 0. The van der Waals surface area contributed by atoms with Gasteiger partial charge in [-0.05, 0) is 62.6 Å². The molecule has 3 rings (SSSR count). The molecule has 0 amide bonds. The van der Waals surface area contributed by atoms with Gasteiger partial charge in [-0.2, -0.15) is 0 Å². The maximum atomic E-state index is 12.2. The Morgan fingerprint density at radius 1 is 0.935 bits per heavy atom. The first-order valence-electron chi connectivity index (χ1n) is 10.7. The van der Waals surface area contributed by atoms with Crippen LogP contribution in [0.3, 0.4) is 0 Å². The van der Waals surface area contributed by atoms with Crippen LogP contribution in [0.4, 0.5) is 0 Å². The molecule has 0 saturated heterocycles. The number of ether oxygens (including phenoxy) is 2. The van der Waals surface area contributed by atoms with Crippen molar-refractivity contribution >= 4 is 23.0 Å². The number of unbranched alkanes of at least 4 members (excludes halogenated alkanes) is 3. The van der Waals surface area contributed by atoms with Crippen molar-refractivity contribution in [3.05, 3.63) is 53.9 Å². The molecule has 6 heteroatoms. The van der Waals surface area contributed by atoms with Crippen molar-refractivity contribution < 1.29 is 23.5 Å². The average Bonchev–Trinajstić information content (AvgIpc) is 3.16. The monoisotopic (exact) mass is 423 g/mol. The summed E-state index contributed by atoms with van der Waals surface area (Å²) in [4.78, 5) is 28.7. The fraction of sp³-hybridized carbons (Fsp3) is 0.400. The summed E-state index contributed by atoms with van der Waals surface area (Å²) in [6, 6.07) is 12.7. The highest BCUT2D eigenvalue weighted by Crippen LogP contribution is 2.26. The Morgan fingerprint density at radius 3 is 2.32 bits per heavy atom. The van der Waals surface area contributed by atoms with Gasteiger partial charge in [-0.3, -0.25) is 0 Å². The molecule has 0 unspecified atom stereocenters. The smallest absolute Gasteiger partial charge is 0.394 e. The van der Waals surface area contributed by atoms with Crippen molar-refractivity contribution in [1.82, 2.24) is 4.98 Å². The molecule has 3 aromatic rings. The maximum absolute atomic E-state index is 12.2. The number of carbonyl (C=O) groups is 2. The molecule has 0 fully saturated rings. The predicted octanol–water partition coefficient (Wildman–Crippen LogP) is 6.19. The van der Waals surface area contributed by atoms with Gasteiger partial charge >= 0.3 is 17.8 Å². The van der Waals surface area contributed by atoms with E-state index in [9.17, 15) is 9.59 Å². The van der Waals surface area contributed by atoms with E-state index in [-0.39, 0.29) is 11.9 Å². The van der Waals surface area contributed by atoms with Crippen molar-refractivity contribution in [1.29, 1.82) is 0 Å². The molecule has 1 aromatic heterocycles. The summed E-state index contributed by atoms with van der Waals surface area (Å²) < 4.78 is 16.2. The van der Waals surface area contributed by atoms with E-state index in [1.54, 1.807) is 18.2 Å². The third kappa shape index (κ3) is 6.17. The summed E-state index contributed by atoms with van der Waals surface area (Å²) in [6.07, 6.45) is 4.13. The fourth-order valence-electron chi connectivity index (χ4n) is 3.09. The molecule has 0 N–H and O–H groups in total. The molecule has 164 valence electrons. The van der Waals surface area contributed by atoms with Gasteiger partial charge in [0, 0.05) is 0 Å². The average molecular weight is 424 g/mol. The quantitative estimate of drug-likeness (QED) is 0.318. The first-order valence-corrected chi connectivity index (χ1v) is 10.7. The Hall–Kier alpha value is -3.15. The minimum absolute atomic E-state index is 0.0390. The molecule has 0 aliphatic rings. The van der Waals surface area contributed by atoms with Crippen LogP contribution in [-0.4, -0.2) is 29.1 Å². The molecule has 31 heavy (non-hydrogen) atoms. The summed E-state index contributed by atoms with van der Waals surface area (Å²) in [5.41, 5.74) is 2.86. The minimum atomic E-state index is -0.545. The molecule has 0 bridgehead atoms. The van der Waals surface area contributed by atoms with Crippen LogP contribution in [0.25, 0.3) is 22.2 Å². The molecule has 2 aromatic carbocycles. The topological polar surface area (TPSA) is 78.6 Å². The van der Waals surface area contributed by atoms with E-state index in [0.717, 1.165) is 36.8 Å². The Labute approximate surface area is 182 Å². The number of fused-ring (bicyclic) bond motifs is 1. The molecule has 0 aliphatic carbocycles. The number of carbonyl (C=O) groups excluding carboxylic acids is 2. The Balaban J connectivity index is 1.70. The SMILES string of the molecule is CCCCCCOC(=O)c1nc2cc(-c3ccc(C(=O)OC(C)(C)C)cc3)ccc2o1. The summed E-state index contributed by atoms with van der Waals surface area (Å²) in [6.45, 7) is 8.01. The molecule has 0 spiro atoms. The third-order valence-electron chi connectivity index (χ3n) is 4.65. The lowest BCUT2D eigenvalue weighted by Crippen LogP contribution is -2.23. The van der Waals surface area contributed by atoms with Gasteiger partial charge in [-0.1, -0.05) is 44.4 Å². The van der Waals surface area contributed by atoms with Gasteiger partial charge in [0.2, 0.25) is 0 Å². The van der Waals surface area contributed by atoms with E-state index < -0.39 is 11.6 Å². The largest absolute Gasteiger partial charge is 0.459 e. The lowest BCUT2D eigenvalue weighted by molar-refractivity contribution is 0.00693. The molecule has 0 aliphatic heterocycles. The van der Waals surface area contributed by atoms with Gasteiger partial charge < -0.3 is 13.9 Å². The second kappa shape index (κ2) is 9.77. The Morgan fingerprint density at radius 2 is 1.65 bits per heavy atom. The Bertz CT molecular complexity index is 1040. The zero-order valence-corrected chi connectivity index (χ0v) is 18.6. The highest BCUT2D eigenvalue weighted by atomic mass is 16.6. The zero-order chi connectivity index (χ0) is 22.4.